The van der Waals surface area contributed by atoms with Gasteiger partial charge in [0.25, 0.3) is 5.91 Å². The van der Waals surface area contributed by atoms with Gasteiger partial charge < -0.3 is 14.6 Å². The molecule has 1 aliphatic carbocycles. The minimum absolute atomic E-state index is 0.00244. The van der Waals surface area contributed by atoms with Crippen LogP contribution in [0.15, 0.2) is 41.0 Å². The predicted molar refractivity (Wildman–Crippen MR) is 107 cm³/mol. The molecule has 0 radical (unpaired) electrons. The van der Waals surface area contributed by atoms with Gasteiger partial charge in [-0.2, -0.15) is 5.10 Å². The number of rotatable bonds is 6. The van der Waals surface area contributed by atoms with E-state index in [1.807, 2.05) is 13.1 Å². The number of carbonyl (C=O) groups is 1. The molecule has 1 aromatic carbocycles. The van der Waals surface area contributed by atoms with Gasteiger partial charge in [-0.15, -0.1) is 0 Å². The summed E-state index contributed by atoms with van der Waals surface area (Å²) in [5.41, 5.74) is 2.38. The molecule has 158 valence electrons. The minimum atomic E-state index is -0.559. The van der Waals surface area contributed by atoms with Crippen molar-refractivity contribution in [2.45, 2.75) is 38.4 Å². The number of aromatic nitrogens is 2. The molecule has 0 saturated carbocycles. The Morgan fingerprint density at radius 3 is 2.77 bits per heavy atom. The molecule has 1 N–H and O–H groups in total. The van der Waals surface area contributed by atoms with E-state index in [0.29, 0.717) is 24.4 Å². The van der Waals surface area contributed by atoms with Crippen molar-refractivity contribution in [3.05, 3.63) is 76.5 Å². The van der Waals surface area contributed by atoms with Crippen molar-refractivity contribution in [2.75, 3.05) is 7.05 Å². The molecule has 6 nitrogen and oxygen atoms in total. The number of amides is 1. The number of nitrogens with one attached hydrogen (secondary N) is 1. The summed E-state index contributed by atoms with van der Waals surface area (Å²) in [7, 11) is 3.55. The molecule has 2 heterocycles. The molecule has 4 rings (SSSR count). The second kappa shape index (κ2) is 8.39. The lowest BCUT2D eigenvalue weighted by molar-refractivity contribution is 0.0767. The van der Waals surface area contributed by atoms with E-state index in [-0.39, 0.29) is 24.1 Å². The topological polar surface area (TPSA) is 63.3 Å². The van der Waals surface area contributed by atoms with Crippen LogP contribution < -0.4 is 5.32 Å². The number of hydrogen-bond donors (Lipinski definition) is 1. The van der Waals surface area contributed by atoms with Crippen LogP contribution in [0.2, 0.25) is 0 Å². The molecule has 0 saturated heterocycles. The number of fused-ring (bicyclic) bond motifs is 1. The lowest BCUT2D eigenvalue weighted by Crippen LogP contribution is -2.36. The van der Waals surface area contributed by atoms with E-state index < -0.39 is 11.6 Å². The number of carbonyl (C=O) groups excluding carboxylic acids is 1. The van der Waals surface area contributed by atoms with Crippen molar-refractivity contribution in [1.29, 1.82) is 0 Å². The van der Waals surface area contributed by atoms with E-state index in [9.17, 15) is 13.6 Å². The van der Waals surface area contributed by atoms with Gasteiger partial charge in [-0.25, -0.2) is 8.78 Å². The number of benzene rings is 1. The molecule has 1 atom stereocenters. The van der Waals surface area contributed by atoms with Gasteiger partial charge in [-0.05, 0) is 43.5 Å². The Bertz CT molecular complexity index is 1030. The first kappa shape index (κ1) is 20.3. The Balaban J connectivity index is 1.48. The minimum Gasteiger partial charge on any atom is -0.467 e. The Morgan fingerprint density at radius 1 is 1.30 bits per heavy atom. The van der Waals surface area contributed by atoms with Crippen molar-refractivity contribution in [2.24, 2.45) is 7.05 Å². The molecule has 1 unspecified atom stereocenters. The van der Waals surface area contributed by atoms with Crippen LogP contribution in [0.3, 0.4) is 0 Å². The maximum atomic E-state index is 13.9. The van der Waals surface area contributed by atoms with Crippen molar-refractivity contribution < 1.29 is 18.0 Å². The van der Waals surface area contributed by atoms with E-state index in [4.69, 9.17) is 4.42 Å². The van der Waals surface area contributed by atoms with Gasteiger partial charge in [0.1, 0.15) is 17.4 Å². The second-order valence-corrected chi connectivity index (χ2v) is 7.66. The van der Waals surface area contributed by atoms with Crippen molar-refractivity contribution in [1.82, 2.24) is 20.0 Å². The maximum absolute atomic E-state index is 13.9. The van der Waals surface area contributed by atoms with Gasteiger partial charge >= 0.3 is 0 Å². The quantitative estimate of drug-likeness (QED) is 0.673. The number of hydrogen-bond acceptors (Lipinski definition) is 4. The van der Waals surface area contributed by atoms with Crippen LogP contribution in [-0.4, -0.2) is 33.7 Å². The van der Waals surface area contributed by atoms with Crippen LogP contribution in [0.25, 0.3) is 0 Å². The lowest BCUT2D eigenvalue weighted by Gasteiger charge is -2.25. The first-order valence-corrected chi connectivity index (χ1v) is 9.93. The molecule has 0 spiro atoms. The largest absolute Gasteiger partial charge is 0.467 e. The highest BCUT2D eigenvalue weighted by Gasteiger charge is 2.30. The van der Waals surface area contributed by atoms with Crippen LogP contribution in [0.1, 0.15) is 39.5 Å². The third-order valence-electron chi connectivity index (χ3n) is 5.61. The summed E-state index contributed by atoms with van der Waals surface area (Å²) < 4.78 is 34.9. The van der Waals surface area contributed by atoms with Crippen LogP contribution in [0.4, 0.5) is 8.78 Å². The molecule has 2 aromatic heterocycles. The highest BCUT2D eigenvalue weighted by atomic mass is 19.1. The summed E-state index contributed by atoms with van der Waals surface area (Å²) in [6.45, 7) is 0.450. The zero-order valence-electron chi connectivity index (χ0n) is 17.0. The average Bonchev–Trinajstić information content (AvgIpc) is 3.35. The molecule has 3 aromatic rings. The molecule has 30 heavy (non-hydrogen) atoms. The molecule has 0 fully saturated rings. The fourth-order valence-corrected chi connectivity index (χ4v) is 3.97. The van der Waals surface area contributed by atoms with E-state index in [1.54, 1.807) is 29.0 Å². The highest BCUT2D eigenvalue weighted by molar-refractivity contribution is 5.94. The number of furan rings is 1. The summed E-state index contributed by atoms with van der Waals surface area (Å²) >= 11 is 0. The molecular weight excluding hydrogens is 390 g/mol. The number of nitrogens with zero attached hydrogens (tertiary/aromatic N) is 3. The van der Waals surface area contributed by atoms with Gasteiger partial charge in [-0.3, -0.25) is 9.48 Å². The van der Waals surface area contributed by atoms with Crippen molar-refractivity contribution >= 4 is 5.91 Å². The van der Waals surface area contributed by atoms with Gasteiger partial charge in [0, 0.05) is 43.5 Å². The molecule has 0 aliphatic heterocycles. The first-order valence-electron chi connectivity index (χ1n) is 9.93. The summed E-state index contributed by atoms with van der Waals surface area (Å²) in [6.07, 6.45) is 3.70. The van der Waals surface area contributed by atoms with Crippen LogP contribution >= 0.6 is 0 Å². The summed E-state index contributed by atoms with van der Waals surface area (Å²) in [5, 5.41) is 7.72. The molecular formula is C22H24F2N4O2. The van der Waals surface area contributed by atoms with Crippen LogP contribution in [-0.2, 0) is 33.0 Å². The summed E-state index contributed by atoms with van der Waals surface area (Å²) in [6, 6.07) is 7.47. The molecule has 8 heteroatoms. The van der Waals surface area contributed by atoms with E-state index in [2.05, 4.69) is 10.4 Å². The summed E-state index contributed by atoms with van der Waals surface area (Å²) in [4.78, 5) is 14.6. The smallest absolute Gasteiger partial charge is 0.274 e. The standard InChI is InChI=1S/C22H24F2N4O2/c1-27(13-15-5-4-10-30-15)22(29)21-16-11-14(8-9-20(16)28(2)26-21)25-12-17-18(23)6-3-7-19(17)24/h3-7,10,14,25H,8-9,11-13H2,1-2H3. The SMILES string of the molecule is CN(Cc1ccco1)C(=O)c1nn(C)c2c1CC(NCc1c(F)cccc1F)CC2. The molecule has 1 aliphatic rings. The van der Waals surface area contributed by atoms with Gasteiger partial charge in [0.05, 0.1) is 12.8 Å². The van der Waals surface area contributed by atoms with Gasteiger partial charge in [0.15, 0.2) is 5.69 Å². The van der Waals surface area contributed by atoms with E-state index >= 15 is 0 Å². The predicted octanol–water partition coefficient (Wildman–Crippen LogP) is 3.21. The van der Waals surface area contributed by atoms with E-state index in [0.717, 1.165) is 24.1 Å². The Kier molecular flexibility index (Phi) is 5.67. The lowest BCUT2D eigenvalue weighted by atomic mass is 9.91. The fraction of sp³-hybridized carbons (Fsp3) is 0.364. The highest BCUT2D eigenvalue weighted by Crippen LogP contribution is 2.26. The molecule has 0 bridgehead atoms. The van der Waals surface area contributed by atoms with Crippen molar-refractivity contribution in [3.63, 3.8) is 0 Å². The van der Waals surface area contributed by atoms with E-state index in [1.165, 1.54) is 18.2 Å². The Hall–Kier alpha value is -3.00. The average molecular weight is 414 g/mol. The normalized spacial score (nSPS) is 15.8. The number of aryl methyl sites for hydroxylation is 1. The summed E-state index contributed by atoms with van der Waals surface area (Å²) in [5.74, 6) is -0.599. The second-order valence-electron chi connectivity index (χ2n) is 7.66. The Labute approximate surface area is 173 Å². The first-order chi connectivity index (χ1) is 14.4. The molecule has 1 amide bonds. The third kappa shape index (κ3) is 4.00. The van der Waals surface area contributed by atoms with Crippen molar-refractivity contribution in [3.8, 4) is 0 Å². The zero-order valence-corrected chi connectivity index (χ0v) is 17.0. The monoisotopic (exact) mass is 414 g/mol. The van der Waals surface area contributed by atoms with Crippen LogP contribution in [0.5, 0.6) is 0 Å². The number of halogens is 2. The fourth-order valence-electron chi connectivity index (χ4n) is 3.97. The maximum Gasteiger partial charge on any atom is 0.274 e. The van der Waals surface area contributed by atoms with Gasteiger partial charge in [-0.1, -0.05) is 6.07 Å². The third-order valence-corrected chi connectivity index (χ3v) is 5.61. The van der Waals surface area contributed by atoms with Gasteiger partial charge in [0.2, 0.25) is 0 Å². The Morgan fingerprint density at radius 2 is 2.07 bits per heavy atom. The zero-order chi connectivity index (χ0) is 21.3. The van der Waals surface area contributed by atoms with Crippen LogP contribution in [0, 0.1) is 11.6 Å².